The molecule has 2 aromatic rings. The first kappa shape index (κ1) is 30.4. The van der Waals surface area contributed by atoms with Crippen LogP contribution in [0.1, 0.15) is 50.5 Å². The van der Waals surface area contributed by atoms with Crippen LogP contribution in [0.4, 0.5) is 0 Å². The van der Waals surface area contributed by atoms with E-state index >= 15 is 0 Å². The minimum atomic E-state index is -0.947. The van der Waals surface area contributed by atoms with Crippen LogP contribution in [0.5, 0.6) is 17.2 Å². The molecule has 0 aliphatic carbocycles. The molecule has 0 saturated carbocycles. The summed E-state index contributed by atoms with van der Waals surface area (Å²) < 4.78 is 18.3. The van der Waals surface area contributed by atoms with Gasteiger partial charge in [-0.1, -0.05) is 19.4 Å². The van der Waals surface area contributed by atoms with Crippen LogP contribution in [0.25, 0.3) is 0 Å². The second kappa shape index (κ2) is 14.4. The Balaban J connectivity index is 1.64. The number of nitrogens with two attached hydrogens (primary N) is 1. The summed E-state index contributed by atoms with van der Waals surface area (Å²) in [6.45, 7) is 4.81. The van der Waals surface area contributed by atoms with E-state index in [0.29, 0.717) is 56.4 Å². The van der Waals surface area contributed by atoms with Gasteiger partial charge in [0.25, 0.3) is 0 Å². The van der Waals surface area contributed by atoms with E-state index in [1.807, 2.05) is 15.9 Å². The lowest BCUT2D eigenvalue weighted by atomic mass is 9.84. The number of rotatable bonds is 15. The molecule has 0 radical (unpaired) electrons. The van der Waals surface area contributed by atoms with Crippen LogP contribution in [-0.2, 0) is 16.1 Å². The summed E-state index contributed by atoms with van der Waals surface area (Å²) in [6, 6.07) is 8.09. The number of hydrogen-bond acceptors (Lipinski definition) is 8. The van der Waals surface area contributed by atoms with Gasteiger partial charge >= 0.3 is 5.97 Å². The molecule has 2 aliphatic heterocycles. The van der Waals surface area contributed by atoms with E-state index in [0.717, 1.165) is 31.2 Å². The number of amides is 1. The Kier molecular flexibility index (Phi) is 10.6. The van der Waals surface area contributed by atoms with Gasteiger partial charge in [-0.05, 0) is 56.0 Å². The minimum Gasteiger partial charge on any atom is -0.493 e. The van der Waals surface area contributed by atoms with E-state index in [-0.39, 0.29) is 24.8 Å². The number of carbonyl (C=O) groups excluding carboxylic acids is 1. The number of likely N-dealkylation sites (tertiary alicyclic amines) is 1. The summed E-state index contributed by atoms with van der Waals surface area (Å²) in [7, 11) is 1.53. The van der Waals surface area contributed by atoms with E-state index in [1.54, 1.807) is 29.0 Å². The van der Waals surface area contributed by atoms with Crippen LogP contribution in [-0.4, -0.2) is 84.0 Å². The van der Waals surface area contributed by atoms with Crippen molar-refractivity contribution >= 4 is 11.9 Å². The van der Waals surface area contributed by atoms with Crippen LogP contribution in [0.2, 0.25) is 0 Å². The molecule has 1 saturated heterocycles. The summed E-state index contributed by atoms with van der Waals surface area (Å²) in [6.07, 6.45) is 5.62. The fourth-order valence-corrected chi connectivity index (χ4v) is 5.90. The molecule has 1 unspecified atom stereocenters. The van der Waals surface area contributed by atoms with Gasteiger partial charge in [0, 0.05) is 50.4 Å². The highest BCUT2D eigenvalue weighted by Crippen LogP contribution is 2.47. The van der Waals surface area contributed by atoms with Crippen molar-refractivity contribution in [1.29, 1.82) is 0 Å². The van der Waals surface area contributed by atoms with E-state index in [9.17, 15) is 19.5 Å². The minimum absolute atomic E-state index is 0.0228. The zero-order chi connectivity index (χ0) is 29.4. The maximum Gasteiger partial charge on any atom is 0.308 e. The number of methoxy groups -OCH3 is 1. The Bertz CT molecular complexity index is 1250. The Morgan fingerprint density at radius 1 is 1.17 bits per heavy atom. The lowest BCUT2D eigenvalue weighted by Crippen LogP contribution is -2.45. The molecule has 3 N–H and O–H groups in total. The van der Waals surface area contributed by atoms with Crippen molar-refractivity contribution in [3.8, 4) is 17.2 Å². The van der Waals surface area contributed by atoms with Crippen molar-refractivity contribution < 1.29 is 28.9 Å². The van der Waals surface area contributed by atoms with Gasteiger partial charge in [-0.25, -0.2) is 0 Å². The quantitative estimate of drug-likeness (QED) is 0.310. The van der Waals surface area contributed by atoms with E-state index < -0.39 is 23.8 Å². The number of benzene rings is 1. The monoisotopic (exact) mass is 570 g/mol. The SMILES string of the molecule is CCCCN(CCCCN)C(=O)CN1C[C@H](c2cc(OC)c3c(c2)OCO3)C(C(=O)O)[C@@H]1CCn1ccccc1=O. The lowest BCUT2D eigenvalue weighted by Gasteiger charge is -2.30. The van der Waals surface area contributed by atoms with Gasteiger partial charge in [-0.15, -0.1) is 0 Å². The Labute approximate surface area is 240 Å². The number of unbranched alkanes of at least 4 members (excludes halogenated alkanes) is 2. The lowest BCUT2D eigenvalue weighted by molar-refractivity contribution is -0.144. The van der Waals surface area contributed by atoms with Crippen molar-refractivity contribution in [1.82, 2.24) is 14.4 Å². The van der Waals surface area contributed by atoms with Gasteiger partial charge in [0.2, 0.25) is 24.0 Å². The van der Waals surface area contributed by atoms with Gasteiger partial charge in [-0.2, -0.15) is 0 Å². The fourth-order valence-electron chi connectivity index (χ4n) is 5.90. The third kappa shape index (κ3) is 7.20. The molecule has 224 valence electrons. The molecule has 1 amide bonds. The zero-order valence-corrected chi connectivity index (χ0v) is 24.0. The number of pyridine rings is 1. The van der Waals surface area contributed by atoms with E-state index in [1.165, 1.54) is 13.2 Å². The number of ether oxygens (including phenoxy) is 3. The van der Waals surface area contributed by atoms with Crippen LogP contribution in [0, 0.1) is 5.92 Å². The van der Waals surface area contributed by atoms with Gasteiger partial charge in [0.1, 0.15) is 0 Å². The molecule has 1 aromatic heterocycles. The first-order valence-electron chi connectivity index (χ1n) is 14.5. The smallest absolute Gasteiger partial charge is 0.308 e. The topological polar surface area (TPSA) is 137 Å². The largest absolute Gasteiger partial charge is 0.493 e. The average Bonchev–Trinajstić information content (AvgIpc) is 3.58. The molecule has 0 spiro atoms. The predicted molar refractivity (Wildman–Crippen MR) is 153 cm³/mol. The summed E-state index contributed by atoms with van der Waals surface area (Å²) in [5.41, 5.74) is 6.29. The van der Waals surface area contributed by atoms with E-state index in [4.69, 9.17) is 19.9 Å². The van der Waals surface area contributed by atoms with Crippen molar-refractivity contribution in [2.45, 2.75) is 57.5 Å². The first-order valence-corrected chi connectivity index (χ1v) is 14.5. The number of hydrogen-bond donors (Lipinski definition) is 2. The standard InChI is InChI=1S/C30H42N4O7/c1-3-4-12-32(14-8-6-11-31)27(36)19-34-18-22(21-16-24(39-2)29-25(17-21)40-20-41-29)28(30(37)38)23(34)10-15-33-13-7-5-9-26(33)35/h5,7,9,13,16-17,22-23,28H,3-4,6,8,10-12,14-15,18-20,31H2,1-2H3,(H,37,38)/t22-,23+,28?/m1/s1. The normalized spacial score (nSPS) is 19.8. The molecule has 11 heteroatoms. The van der Waals surface area contributed by atoms with Gasteiger partial charge in [0.05, 0.1) is 19.6 Å². The second-order valence-corrected chi connectivity index (χ2v) is 10.7. The molecule has 2 aliphatic rings. The zero-order valence-electron chi connectivity index (χ0n) is 24.0. The highest BCUT2D eigenvalue weighted by atomic mass is 16.7. The second-order valence-electron chi connectivity index (χ2n) is 10.7. The molecule has 1 fully saturated rings. The number of aliphatic carboxylic acids is 1. The number of carbonyl (C=O) groups is 2. The molecule has 11 nitrogen and oxygen atoms in total. The van der Waals surface area contributed by atoms with E-state index in [2.05, 4.69) is 6.92 Å². The highest BCUT2D eigenvalue weighted by molar-refractivity contribution is 5.79. The van der Waals surface area contributed by atoms with Gasteiger partial charge < -0.3 is 34.5 Å². The fraction of sp³-hybridized carbons (Fsp3) is 0.567. The van der Waals surface area contributed by atoms with Crippen molar-refractivity contribution in [3.63, 3.8) is 0 Å². The Hall–Kier alpha value is -3.57. The summed E-state index contributed by atoms with van der Waals surface area (Å²) in [4.78, 5) is 42.8. The molecule has 1 aromatic carbocycles. The molecular weight excluding hydrogens is 528 g/mol. The van der Waals surface area contributed by atoms with Crippen molar-refractivity contribution in [2.24, 2.45) is 11.7 Å². The predicted octanol–water partition coefficient (Wildman–Crippen LogP) is 2.51. The number of fused-ring (bicyclic) bond motifs is 1. The maximum absolute atomic E-state index is 13.6. The van der Waals surface area contributed by atoms with Gasteiger partial charge in [-0.3, -0.25) is 19.3 Å². The number of aromatic nitrogens is 1. The molecular formula is C30H42N4O7. The van der Waals surface area contributed by atoms with Crippen LogP contribution >= 0.6 is 0 Å². The first-order chi connectivity index (χ1) is 19.9. The molecule has 41 heavy (non-hydrogen) atoms. The highest BCUT2D eigenvalue weighted by Gasteiger charge is 2.47. The number of aryl methyl sites for hydroxylation is 1. The van der Waals surface area contributed by atoms with Gasteiger partial charge in [0.15, 0.2) is 11.5 Å². The van der Waals surface area contributed by atoms with Crippen LogP contribution < -0.4 is 25.5 Å². The molecule has 3 atom stereocenters. The third-order valence-corrected chi connectivity index (χ3v) is 8.06. The van der Waals surface area contributed by atoms with Crippen LogP contribution in [0.3, 0.4) is 0 Å². The molecule has 3 heterocycles. The average molecular weight is 571 g/mol. The summed E-state index contributed by atoms with van der Waals surface area (Å²) in [5.74, 6) is -0.723. The summed E-state index contributed by atoms with van der Waals surface area (Å²) >= 11 is 0. The molecule has 0 bridgehead atoms. The van der Waals surface area contributed by atoms with Crippen LogP contribution in [0.15, 0.2) is 41.3 Å². The molecule has 4 rings (SSSR count). The Morgan fingerprint density at radius 2 is 1.98 bits per heavy atom. The number of nitrogens with zero attached hydrogens (tertiary/aromatic N) is 3. The third-order valence-electron chi connectivity index (χ3n) is 8.06. The van der Waals surface area contributed by atoms with Crippen molar-refractivity contribution in [2.75, 3.05) is 46.6 Å². The Morgan fingerprint density at radius 3 is 2.68 bits per heavy atom. The number of carboxylic acids is 1. The van der Waals surface area contributed by atoms with Crippen molar-refractivity contribution in [3.05, 3.63) is 52.4 Å². The maximum atomic E-state index is 13.6. The summed E-state index contributed by atoms with van der Waals surface area (Å²) in [5, 5.41) is 10.5. The number of carboxylic acid groups (broad SMARTS) is 1.